The molecule has 0 unspecified atom stereocenters. The molecule has 4 rings (SSSR count). The van der Waals surface area contributed by atoms with Crippen LogP contribution in [0, 0.1) is 12.7 Å². The summed E-state index contributed by atoms with van der Waals surface area (Å²) in [4.78, 5) is 18.6. The van der Waals surface area contributed by atoms with Crippen LogP contribution in [0.15, 0.2) is 47.8 Å². The molecule has 3 heterocycles. The molecular weight excluding hydrogens is 363 g/mol. The molecule has 0 saturated carbocycles. The third-order valence-corrected chi connectivity index (χ3v) is 5.28. The maximum absolute atomic E-state index is 13.8. The van der Waals surface area contributed by atoms with Gasteiger partial charge in [-0.05, 0) is 30.5 Å². The monoisotopic (exact) mass is 380 g/mol. The number of carbonyl (C=O) groups excluding carboxylic acids is 1. The summed E-state index contributed by atoms with van der Waals surface area (Å²) in [5, 5.41) is 9.90. The van der Waals surface area contributed by atoms with Crippen LogP contribution in [0.1, 0.15) is 21.6 Å². The SMILES string of the molecule is Cc1nn(C)c2nc(-c3cccs3)cc(C(=O)NCc3ccccc3F)c12. The normalized spacial score (nSPS) is 11.1. The van der Waals surface area contributed by atoms with Crippen molar-refractivity contribution in [3.8, 4) is 10.6 Å². The lowest BCUT2D eigenvalue weighted by atomic mass is 10.1. The average molecular weight is 380 g/mol. The molecule has 0 aliphatic rings. The van der Waals surface area contributed by atoms with E-state index >= 15 is 0 Å². The number of nitrogens with one attached hydrogen (secondary N) is 1. The smallest absolute Gasteiger partial charge is 0.252 e. The van der Waals surface area contributed by atoms with Crippen LogP contribution < -0.4 is 5.32 Å². The largest absolute Gasteiger partial charge is 0.348 e. The molecule has 1 N–H and O–H groups in total. The van der Waals surface area contributed by atoms with Crippen LogP contribution in [-0.2, 0) is 13.6 Å². The van der Waals surface area contributed by atoms with Gasteiger partial charge in [0.2, 0.25) is 0 Å². The highest BCUT2D eigenvalue weighted by Crippen LogP contribution is 2.29. The summed E-state index contributed by atoms with van der Waals surface area (Å²) in [6.45, 7) is 1.96. The van der Waals surface area contributed by atoms with Crippen LogP contribution in [0.2, 0.25) is 0 Å². The molecule has 0 fully saturated rings. The van der Waals surface area contributed by atoms with Crippen LogP contribution in [0.3, 0.4) is 0 Å². The number of carbonyl (C=O) groups is 1. The molecule has 0 aliphatic carbocycles. The summed E-state index contributed by atoms with van der Waals surface area (Å²) in [7, 11) is 1.81. The van der Waals surface area contributed by atoms with E-state index in [1.54, 1.807) is 40.3 Å². The van der Waals surface area contributed by atoms with E-state index in [-0.39, 0.29) is 18.3 Å². The summed E-state index contributed by atoms with van der Waals surface area (Å²) in [6.07, 6.45) is 0. The Kier molecular flexibility index (Phi) is 4.45. The predicted molar refractivity (Wildman–Crippen MR) is 104 cm³/mol. The summed E-state index contributed by atoms with van der Waals surface area (Å²) in [5.74, 6) is -0.617. The molecule has 1 amide bonds. The Hall–Kier alpha value is -3.06. The maximum atomic E-state index is 13.8. The Balaban J connectivity index is 1.75. The van der Waals surface area contributed by atoms with E-state index in [4.69, 9.17) is 0 Å². The number of aryl methyl sites for hydroxylation is 2. The zero-order chi connectivity index (χ0) is 19.0. The first-order valence-electron chi connectivity index (χ1n) is 8.44. The predicted octanol–water partition coefficient (Wildman–Crippen LogP) is 4.07. The number of hydrogen-bond donors (Lipinski definition) is 1. The number of thiophene rings is 1. The zero-order valence-electron chi connectivity index (χ0n) is 14.9. The molecule has 0 radical (unpaired) electrons. The molecule has 0 aliphatic heterocycles. The van der Waals surface area contributed by atoms with Crippen molar-refractivity contribution < 1.29 is 9.18 Å². The van der Waals surface area contributed by atoms with Crippen molar-refractivity contribution in [3.63, 3.8) is 0 Å². The summed E-state index contributed by atoms with van der Waals surface area (Å²) >= 11 is 1.56. The summed E-state index contributed by atoms with van der Waals surface area (Å²) in [6, 6.07) is 12.1. The van der Waals surface area contributed by atoms with Gasteiger partial charge in [-0.1, -0.05) is 24.3 Å². The van der Waals surface area contributed by atoms with E-state index in [1.807, 2.05) is 31.5 Å². The Bertz CT molecular complexity index is 1130. The molecule has 4 aromatic rings. The third kappa shape index (κ3) is 3.21. The van der Waals surface area contributed by atoms with Crippen molar-refractivity contribution in [3.05, 3.63) is 70.5 Å². The maximum Gasteiger partial charge on any atom is 0.252 e. The minimum atomic E-state index is -0.338. The molecule has 0 bridgehead atoms. The average Bonchev–Trinajstić information content (AvgIpc) is 3.29. The molecule has 1 aromatic carbocycles. The Morgan fingerprint density at radius 3 is 2.81 bits per heavy atom. The van der Waals surface area contributed by atoms with Crippen LogP contribution in [0.5, 0.6) is 0 Å². The molecule has 0 atom stereocenters. The number of benzene rings is 1. The molecule has 136 valence electrons. The number of amides is 1. The molecular formula is C20H17FN4OS. The van der Waals surface area contributed by atoms with E-state index in [2.05, 4.69) is 15.4 Å². The number of aromatic nitrogens is 3. The van der Waals surface area contributed by atoms with E-state index < -0.39 is 0 Å². The second-order valence-electron chi connectivity index (χ2n) is 6.21. The minimum absolute atomic E-state index is 0.114. The van der Waals surface area contributed by atoms with Crippen LogP contribution >= 0.6 is 11.3 Å². The lowest BCUT2D eigenvalue weighted by molar-refractivity contribution is 0.0952. The van der Waals surface area contributed by atoms with Crippen molar-refractivity contribution in [1.82, 2.24) is 20.1 Å². The number of rotatable bonds is 4. The highest BCUT2D eigenvalue weighted by molar-refractivity contribution is 7.13. The van der Waals surface area contributed by atoms with Gasteiger partial charge in [-0.15, -0.1) is 11.3 Å². The van der Waals surface area contributed by atoms with E-state index in [9.17, 15) is 9.18 Å². The lowest BCUT2D eigenvalue weighted by Gasteiger charge is -2.09. The minimum Gasteiger partial charge on any atom is -0.348 e. The van der Waals surface area contributed by atoms with Crippen molar-refractivity contribution in [2.75, 3.05) is 0 Å². The lowest BCUT2D eigenvalue weighted by Crippen LogP contribution is -2.24. The molecule has 27 heavy (non-hydrogen) atoms. The van der Waals surface area contributed by atoms with Crippen molar-refractivity contribution in [2.45, 2.75) is 13.5 Å². The first-order chi connectivity index (χ1) is 13.0. The van der Waals surface area contributed by atoms with Crippen LogP contribution in [0.4, 0.5) is 4.39 Å². The van der Waals surface area contributed by atoms with Gasteiger partial charge in [0.15, 0.2) is 5.65 Å². The third-order valence-electron chi connectivity index (χ3n) is 4.38. The molecule has 0 spiro atoms. The second-order valence-corrected chi connectivity index (χ2v) is 7.16. The van der Waals surface area contributed by atoms with Crippen molar-refractivity contribution in [1.29, 1.82) is 0 Å². The fourth-order valence-corrected chi connectivity index (χ4v) is 3.77. The highest BCUT2D eigenvalue weighted by Gasteiger charge is 2.19. The first kappa shape index (κ1) is 17.4. The quantitative estimate of drug-likeness (QED) is 0.580. The highest BCUT2D eigenvalue weighted by atomic mass is 32.1. The van der Waals surface area contributed by atoms with Crippen molar-refractivity contribution >= 4 is 28.3 Å². The number of nitrogens with zero attached hydrogens (tertiary/aromatic N) is 3. The van der Waals surface area contributed by atoms with Gasteiger partial charge in [-0.25, -0.2) is 9.37 Å². The van der Waals surface area contributed by atoms with Crippen molar-refractivity contribution in [2.24, 2.45) is 7.05 Å². The standard InChI is InChI=1S/C20H17FN4OS/c1-12-18-14(20(26)22-11-13-6-3-4-7-15(13)21)10-16(17-8-5-9-27-17)23-19(18)25(2)24-12/h3-10H,11H2,1-2H3,(H,22,26). The van der Waals surface area contributed by atoms with Gasteiger partial charge in [0.25, 0.3) is 5.91 Å². The van der Waals surface area contributed by atoms with Gasteiger partial charge in [0, 0.05) is 19.2 Å². The van der Waals surface area contributed by atoms with Gasteiger partial charge in [-0.2, -0.15) is 5.10 Å². The molecule has 3 aromatic heterocycles. The number of hydrogen-bond acceptors (Lipinski definition) is 4. The summed E-state index contributed by atoms with van der Waals surface area (Å²) in [5.41, 5.74) is 3.03. The Morgan fingerprint density at radius 2 is 2.07 bits per heavy atom. The van der Waals surface area contributed by atoms with E-state index in [0.29, 0.717) is 22.2 Å². The van der Waals surface area contributed by atoms with Crippen LogP contribution in [-0.4, -0.2) is 20.7 Å². The number of halogens is 1. The van der Waals surface area contributed by atoms with Gasteiger partial charge in [0.1, 0.15) is 5.82 Å². The Morgan fingerprint density at radius 1 is 1.26 bits per heavy atom. The Labute approximate surface area is 159 Å². The molecule has 7 heteroatoms. The zero-order valence-corrected chi connectivity index (χ0v) is 15.7. The first-order valence-corrected chi connectivity index (χ1v) is 9.32. The number of fused-ring (bicyclic) bond motifs is 1. The second kappa shape index (κ2) is 6.92. The van der Waals surface area contributed by atoms with Gasteiger partial charge in [0.05, 0.1) is 27.2 Å². The fraction of sp³-hybridized carbons (Fsp3) is 0.150. The van der Waals surface area contributed by atoms with Crippen LogP contribution in [0.25, 0.3) is 21.6 Å². The summed E-state index contributed by atoms with van der Waals surface area (Å²) < 4.78 is 15.5. The fourth-order valence-electron chi connectivity index (χ4n) is 3.09. The van der Waals surface area contributed by atoms with Gasteiger partial charge in [-0.3, -0.25) is 9.48 Å². The topological polar surface area (TPSA) is 59.8 Å². The van der Waals surface area contributed by atoms with Gasteiger partial charge < -0.3 is 5.32 Å². The number of pyridine rings is 1. The van der Waals surface area contributed by atoms with Gasteiger partial charge >= 0.3 is 0 Å². The molecule has 5 nitrogen and oxygen atoms in total. The molecule has 0 saturated heterocycles. The van der Waals surface area contributed by atoms with E-state index in [0.717, 1.165) is 16.3 Å². The van der Waals surface area contributed by atoms with E-state index in [1.165, 1.54) is 6.07 Å².